The van der Waals surface area contributed by atoms with Crippen molar-refractivity contribution in [2.75, 3.05) is 13.1 Å². The van der Waals surface area contributed by atoms with Crippen LogP contribution in [0.15, 0.2) is 24.3 Å². The first-order valence-electron chi connectivity index (χ1n) is 7.96. The van der Waals surface area contributed by atoms with E-state index in [4.69, 9.17) is 4.74 Å². The molecule has 3 heteroatoms. The van der Waals surface area contributed by atoms with E-state index in [-0.39, 0.29) is 11.9 Å². The normalized spacial score (nSPS) is 25.6. The van der Waals surface area contributed by atoms with Gasteiger partial charge in [-0.15, -0.1) is 0 Å². The molecule has 2 nitrogen and oxygen atoms in total. The lowest BCUT2D eigenvalue weighted by Gasteiger charge is -2.34. The van der Waals surface area contributed by atoms with Gasteiger partial charge < -0.3 is 10.1 Å². The first kappa shape index (κ1) is 13.9. The lowest BCUT2D eigenvalue weighted by molar-refractivity contribution is 0.0587. The minimum atomic E-state index is -0.237. The van der Waals surface area contributed by atoms with E-state index in [1.807, 2.05) is 6.07 Å². The second-order valence-corrected chi connectivity index (χ2v) is 6.16. The van der Waals surface area contributed by atoms with E-state index in [0.29, 0.717) is 17.6 Å². The van der Waals surface area contributed by atoms with Crippen LogP contribution in [0.25, 0.3) is 0 Å². The largest absolute Gasteiger partial charge is 0.487 e. The number of para-hydroxylation sites is 1. The third-order valence-corrected chi connectivity index (χ3v) is 4.78. The number of hydrogen-bond acceptors (Lipinski definition) is 2. The smallest absolute Gasteiger partial charge is 0.165 e. The van der Waals surface area contributed by atoms with E-state index >= 15 is 0 Å². The van der Waals surface area contributed by atoms with E-state index in [1.165, 1.54) is 38.2 Å². The highest BCUT2D eigenvalue weighted by molar-refractivity contribution is 5.24. The Kier molecular flexibility index (Phi) is 4.56. The predicted molar refractivity (Wildman–Crippen MR) is 78.4 cm³/mol. The molecule has 0 amide bonds. The summed E-state index contributed by atoms with van der Waals surface area (Å²) in [5, 5.41) is 3.42. The summed E-state index contributed by atoms with van der Waals surface area (Å²) < 4.78 is 20.0. The van der Waals surface area contributed by atoms with Gasteiger partial charge in [-0.3, -0.25) is 0 Å². The molecule has 1 aliphatic carbocycles. The van der Waals surface area contributed by atoms with Crippen molar-refractivity contribution in [3.05, 3.63) is 30.1 Å². The van der Waals surface area contributed by atoms with Gasteiger partial charge in [-0.05, 0) is 43.9 Å². The van der Waals surface area contributed by atoms with Crippen LogP contribution >= 0.6 is 0 Å². The topological polar surface area (TPSA) is 21.3 Å². The lowest BCUT2D eigenvalue weighted by atomic mass is 9.80. The van der Waals surface area contributed by atoms with Gasteiger partial charge >= 0.3 is 0 Å². The van der Waals surface area contributed by atoms with Crippen LogP contribution in [0.2, 0.25) is 0 Å². The molecule has 1 N–H and O–H groups in total. The van der Waals surface area contributed by atoms with E-state index in [0.717, 1.165) is 19.5 Å². The quantitative estimate of drug-likeness (QED) is 0.904. The fourth-order valence-corrected chi connectivity index (χ4v) is 3.68. The van der Waals surface area contributed by atoms with Gasteiger partial charge in [0.05, 0.1) is 0 Å². The van der Waals surface area contributed by atoms with Crippen molar-refractivity contribution in [3.8, 4) is 5.75 Å². The van der Waals surface area contributed by atoms with Gasteiger partial charge in [-0.1, -0.05) is 31.4 Å². The maximum Gasteiger partial charge on any atom is 0.165 e. The lowest BCUT2D eigenvalue weighted by Crippen LogP contribution is -2.37. The molecule has 1 saturated carbocycles. The number of rotatable bonds is 4. The minimum Gasteiger partial charge on any atom is -0.487 e. The van der Waals surface area contributed by atoms with Crippen LogP contribution in [0.1, 0.15) is 38.5 Å². The first-order valence-corrected chi connectivity index (χ1v) is 7.96. The maximum absolute atomic E-state index is 13.9. The summed E-state index contributed by atoms with van der Waals surface area (Å²) in [6.07, 6.45) is 7.71. The van der Waals surface area contributed by atoms with Crippen molar-refractivity contribution in [1.82, 2.24) is 5.32 Å². The molecule has 1 aliphatic heterocycles. The van der Waals surface area contributed by atoms with Crippen molar-refractivity contribution in [2.45, 2.75) is 44.6 Å². The van der Waals surface area contributed by atoms with Gasteiger partial charge in [0.15, 0.2) is 11.6 Å². The van der Waals surface area contributed by atoms with Crippen molar-refractivity contribution in [3.63, 3.8) is 0 Å². The molecule has 20 heavy (non-hydrogen) atoms. The van der Waals surface area contributed by atoms with Crippen molar-refractivity contribution in [1.29, 1.82) is 0 Å². The van der Waals surface area contributed by atoms with Gasteiger partial charge in [0.1, 0.15) is 6.10 Å². The third kappa shape index (κ3) is 3.14. The molecule has 1 heterocycles. The molecule has 2 atom stereocenters. The molecule has 0 bridgehead atoms. The zero-order chi connectivity index (χ0) is 13.8. The Balaban J connectivity index is 1.75. The van der Waals surface area contributed by atoms with Crippen LogP contribution in [0, 0.1) is 17.7 Å². The summed E-state index contributed by atoms with van der Waals surface area (Å²) in [6, 6.07) is 6.81. The van der Waals surface area contributed by atoms with Crippen LogP contribution < -0.4 is 10.1 Å². The van der Waals surface area contributed by atoms with E-state index in [9.17, 15) is 4.39 Å². The predicted octanol–water partition coefficient (Wildman–Crippen LogP) is 3.76. The van der Waals surface area contributed by atoms with Gasteiger partial charge in [0.2, 0.25) is 0 Å². The molecule has 2 fully saturated rings. The van der Waals surface area contributed by atoms with Crippen molar-refractivity contribution in [2.24, 2.45) is 11.8 Å². The molecule has 0 aromatic heterocycles. The number of halogens is 1. The summed E-state index contributed by atoms with van der Waals surface area (Å²) in [5.41, 5.74) is 0. The summed E-state index contributed by atoms with van der Waals surface area (Å²) in [5.74, 6) is 1.31. The maximum atomic E-state index is 13.9. The molecule has 1 saturated heterocycles. The standard InChI is InChI=1S/C17H24FNO/c18-15-8-4-5-9-16(15)20-17(14-10-11-19-12-14)13-6-2-1-3-7-13/h4-5,8-9,13-14,17,19H,1-3,6-7,10-12H2/t14-,17+/m0/s1. The first-order chi connectivity index (χ1) is 9.84. The number of hydrogen-bond donors (Lipinski definition) is 1. The summed E-state index contributed by atoms with van der Waals surface area (Å²) in [6.45, 7) is 2.07. The molecule has 1 aromatic carbocycles. The zero-order valence-corrected chi connectivity index (χ0v) is 12.0. The Bertz CT molecular complexity index is 425. The highest BCUT2D eigenvalue weighted by atomic mass is 19.1. The third-order valence-electron chi connectivity index (χ3n) is 4.78. The monoisotopic (exact) mass is 277 g/mol. The van der Waals surface area contributed by atoms with Gasteiger partial charge in [0.25, 0.3) is 0 Å². The SMILES string of the molecule is Fc1ccccc1O[C@H](C1CCCCC1)[C@H]1CCNC1. The Morgan fingerprint density at radius 2 is 1.85 bits per heavy atom. The molecular weight excluding hydrogens is 253 g/mol. The van der Waals surface area contributed by atoms with Crippen molar-refractivity contribution >= 4 is 0 Å². The molecule has 3 rings (SSSR count). The fraction of sp³-hybridized carbons (Fsp3) is 0.647. The number of benzene rings is 1. The van der Waals surface area contributed by atoms with Crippen LogP contribution in [0.3, 0.4) is 0 Å². The molecule has 0 radical (unpaired) electrons. The Morgan fingerprint density at radius 1 is 1.05 bits per heavy atom. The van der Waals surface area contributed by atoms with Gasteiger partial charge in [0, 0.05) is 12.5 Å². The average Bonchev–Trinajstić information content (AvgIpc) is 3.01. The minimum absolute atomic E-state index is 0.169. The van der Waals surface area contributed by atoms with Crippen molar-refractivity contribution < 1.29 is 9.13 Å². The van der Waals surface area contributed by atoms with Crippen LogP contribution in [0.4, 0.5) is 4.39 Å². The van der Waals surface area contributed by atoms with E-state index in [2.05, 4.69) is 5.32 Å². The molecular formula is C17H24FNO. The molecule has 0 spiro atoms. The summed E-state index contributed by atoms with van der Waals surface area (Å²) in [7, 11) is 0. The molecule has 0 unspecified atom stereocenters. The Hall–Kier alpha value is -1.09. The van der Waals surface area contributed by atoms with E-state index in [1.54, 1.807) is 12.1 Å². The highest BCUT2D eigenvalue weighted by Gasteiger charge is 2.34. The molecule has 1 aromatic rings. The zero-order valence-electron chi connectivity index (χ0n) is 12.0. The summed E-state index contributed by atoms with van der Waals surface area (Å²) >= 11 is 0. The molecule has 110 valence electrons. The highest BCUT2D eigenvalue weighted by Crippen LogP contribution is 2.34. The van der Waals surface area contributed by atoms with Crippen LogP contribution in [0.5, 0.6) is 5.75 Å². The average molecular weight is 277 g/mol. The fourth-order valence-electron chi connectivity index (χ4n) is 3.68. The molecule has 2 aliphatic rings. The van der Waals surface area contributed by atoms with Gasteiger partial charge in [-0.2, -0.15) is 0 Å². The Labute approximate surface area is 120 Å². The second-order valence-electron chi connectivity index (χ2n) is 6.16. The Morgan fingerprint density at radius 3 is 2.55 bits per heavy atom. The summed E-state index contributed by atoms with van der Waals surface area (Å²) in [4.78, 5) is 0. The van der Waals surface area contributed by atoms with E-state index < -0.39 is 0 Å². The van der Waals surface area contributed by atoms with Crippen LogP contribution in [-0.2, 0) is 0 Å². The number of ether oxygens (including phenoxy) is 1. The second kappa shape index (κ2) is 6.57. The number of nitrogens with one attached hydrogen (secondary N) is 1. The van der Waals surface area contributed by atoms with Crippen LogP contribution in [-0.4, -0.2) is 19.2 Å². The van der Waals surface area contributed by atoms with Gasteiger partial charge in [-0.25, -0.2) is 4.39 Å².